The van der Waals surface area contributed by atoms with Crippen LogP contribution < -0.4 is 9.46 Å². The topological polar surface area (TPSA) is 61.9 Å². The molecule has 1 N–H and O–H groups in total. The maximum absolute atomic E-state index is 13.6. The second-order valence-electron chi connectivity index (χ2n) is 9.21. The lowest BCUT2D eigenvalue weighted by Crippen LogP contribution is -2.45. The van der Waals surface area contributed by atoms with E-state index >= 15 is 0 Å². The summed E-state index contributed by atoms with van der Waals surface area (Å²) in [6, 6.07) is 9.96. The third-order valence-electron chi connectivity index (χ3n) is 7.20. The minimum atomic E-state index is -3.68. The Balaban J connectivity index is 1.44. The molecular weight excluding hydrogens is 478 g/mol. The van der Waals surface area contributed by atoms with Gasteiger partial charge in [0.1, 0.15) is 10.3 Å². The van der Waals surface area contributed by atoms with E-state index in [0.717, 1.165) is 55.0 Å². The molecule has 0 aromatic heterocycles. The van der Waals surface area contributed by atoms with Gasteiger partial charge in [-0.15, -0.1) is 11.8 Å². The smallest absolute Gasteiger partial charge is 0.246 e. The summed E-state index contributed by atoms with van der Waals surface area (Å²) in [4.78, 5) is 5.86. The van der Waals surface area contributed by atoms with E-state index in [1.54, 1.807) is 7.11 Å². The summed E-state index contributed by atoms with van der Waals surface area (Å²) < 4.78 is 35.2. The van der Waals surface area contributed by atoms with Gasteiger partial charge in [0.25, 0.3) is 0 Å². The number of ether oxygens (including phenoxy) is 1. The van der Waals surface area contributed by atoms with Crippen molar-refractivity contribution in [3.63, 3.8) is 0 Å². The number of nitrogens with one attached hydrogen (secondary N) is 1. The van der Waals surface area contributed by atoms with E-state index in [2.05, 4.69) is 27.6 Å². The number of nitrogens with zero attached hydrogens (tertiary/aromatic N) is 2. The van der Waals surface area contributed by atoms with Gasteiger partial charge in [-0.1, -0.05) is 24.6 Å². The van der Waals surface area contributed by atoms with E-state index in [1.807, 2.05) is 31.2 Å². The van der Waals surface area contributed by atoms with E-state index in [9.17, 15) is 8.42 Å². The van der Waals surface area contributed by atoms with Crippen molar-refractivity contribution in [2.75, 3.05) is 45.1 Å². The maximum Gasteiger partial charge on any atom is 0.246 e. The first-order valence-corrected chi connectivity index (χ1v) is 14.2. The van der Waals surface area contributed by atoms with Crippen molar-refractivity contribution in [2.45, 2.75) is 41.2 Å². The van der Waals surface area contributed by atoms with Crippen molar-refractivity contribution < 1.29 is 13.2 Å². The fraction of sp³-hybridized carbons (Fsp3) is 0.500. The van der Waals surface area contributed by atoms with Crippen molar-refractivity contribution in [1.29, 1.82) is 0 Å². The molecule has 178 valence electrons. The molecule has 2 heterocycles. The van der Waals surface area contributed by atoms with Gasteiger partial charge in [-0.3, -0.25) is 9.62 Å². The Bertz CT molecular complexity index is 1170. The summed E-state index contributed by atoms with van der Waals surface area (Å²) in [6.07, 6.45) is 1.84. The molecule has 9 heteroatoms. The summed E-state index contributed by atoms with van der Waals surface area (Å²) in [7, 11) is 0.0762. The van der Waals surface area contributed by atoms with E-state index in [1.165, 1.54) is 17.3 Å². The molecular formula is C24H30ClN3O3S2. The minimum absolute atomic E-state index is 0.165. The molecule has 1 saturated heterocycles. The molecule has 3 unspecified atom stereocenters. The van der Waals surface area contributed by atoms with E-state index in [-0.39, 0.29) is 5.92 Å². The van der Waals surface area contributed by atoms with Gasteiger partial charge in [0, 0.05) is 48.1 Å². The van der Waals surface area contributed by atoms with Crippen molar-refractivity contribution in [3.05, 3.63) is 52.0 Å². The molecule has 1 aliphatic carbocycles. The Morgan fingerprint density at radius 3 is 2.61 bits per heavy atom. The lowest BCUT2D eigenvalue weighted by atomic mass is 10.0. The number of hydrogen-bond donors (Lipinski definition) is 1. The van der Waals surface area contributed by atoms with Gasteiger partial charge in [-0.05, 0) is 60.8 Å². The standard InChI is InChI=1S/C24H30ClN3O3S2/c1-15-19-14-16(25)4-9-22(19)32-24(15)33(29,30)26-23-18-5-7-20(17(18)6-8-21(23)31-3)28-12-10-27(2)11-13-28/h4,6,8-9,14-15,20,24,26H,5,7,10-13H2,1-3H3. The van der Waals surface area contributed by atoms with Crippen LogP contribution in [0.15, 0.2) is 35.2 Å². The highest BCUT2D eigenvalue weighted by Crippen LogP contribution is 2.50. The Kier molecular flexibility index (Phi) is 6.33. The largest absolute Gasteiger partial charge is 0.495 e. The normalized spacial score (nSPS) is 25.6. The number of sulfonamides is 1. The molecule has 0 spiro atoms. The predicted octanol–water partition coefficient (Wildman–Crippen LogP) is 4.56. The third-order valence-corrected chi connectivity index (χ3v) is 11.3. The van der Waals surface area contributed by atoms with Gasteiger partial charge in [-0.2, -0.15) is 0 Å². The SMILES string of the molecule is COc1ccc2c(c1NS(=O)(=O)C1Sc3ccc(Cl)cc3C1C)CCC2N1CCN(C)CC1. The summed E-state index contributed by atoms with van der Waals surface area (Å²) in [5, 5.41) is 0.629. The van der Waals surface area contributed by atoms with Gasteiger partial charge in [0.15, 0.2) is 0 Å². The average molecular weight is 508 g/mol. The first-order valence-electron chi connectivity index (χ1n) is 11.4. The van der Waals surface area contributed by atoms with Gasteiger partial charge < -0.3 is 9.64 Å². The fourth-order valence-electron chi connectivity index (χ4n) is 5.34. The summed E-state index contributed by atoms with van der Waals surface area (Å²) >= 11 is 7.56. The highest BCUT2D eigenvalue weighted by molar-refractivity contribution is 8.14. The van der Waals surface area contributed by atoms with Crippen molar-refractivity contribution >= 4 is 39.1 Å². The van der Waals surface area contributed by atoms with E-state index in [0.29, 0.717) is 22.5 Å². The van der Waals surface area contributed by atoms with Gasteiger partial charge in [0.05, 0.1) is 12.8 Å². The quantitative estimate of drug-likeness (QED) is 0.640. The highest BCUT2D eigenvalue weighted by Gasteiger charge is 2.41. The van der Waals surface area contributed by atoms with Crippen LogP contribution in [0.1, 0.15) is 42.0 Å². The first-order chi connectivity index (χ1) is 15.8. The molecule has 0 saturated carbocycles. The van der Waals surface area contributed by atoms with Crippen LogP contribution in [0.5, 0.6) is 5.75 Å². The van der Waals surface area contributed by atoms with Crippen molar-refractivity contribution in [1.82, 2.24) is 9.80 Å². The van der Waals surface area contributed by atoms with Crippen LogP contribution in [-0.4, -0.2) is 63.1 Å². The molecule has 2 aliphatic heterocycles. The molecule has 0 bridgehead atoms. The number of likely N-dealkylation sites (N-methyl/N-ethyl adjacent to an activating group) is 1. The zero-order chi connectivity index (χ0) is 23.3. The second-order valence-corrected chi connectivity index (χ2v) is 12.9. The number of rotatable bonds is 5. The van der Waals surface area contributed by atoms with Crippen LogP contribution in [0.3, 0.4) is 0 Å². The Labute approximate surface area is 205 Å². The number of methoxy groups -OCH3 is 1. The number of thioether (sulfide) groups is 1. The second kappa shape index (κ2) is 8.96. The zero-order valence-electron chi connectivity index (χ0n) is 19.2. The maximum atomic E-state index is 13.6. The van der Waals surface area contributed by atoms with Crippen molar-refractivity contribution in [2.24, 2.45) is 0 Å². The van der Waals surface area contributed by atoms with Crippen molar-refractivity contribution in [3.8, 4) is 5.75 Å². The fourth-order valence-corrected chi connectivity index (χ4v) is 8.92. The number of piperazine rings is 1. The first kappa shape index (κ1) is 23.3. The molecule has 2 aromatic rings. The molecule has 6 nitrogen and oxygen atoms in total. The Morgan fingerprint density at radius 2 is 1.88 bits per heavy atom. The van der Waals surface area contributed by atoms with Crippen LogP contribution in [0.25, 0.3) is 0 Å². The minimum Gasteiger partial charge on any atom is -0.495 e. The number of halogens is 1. The molecule has 3 atom stereocenters. The van der Waals surface area contributed by atoms with Crippen LogP contribution in [0, 0.1) is 0 Å². The number of hydrogen-bond acceptors (Lipinski definition) is 6. The van der Waals surface area contributed by atoms with E-state index in [4.69, 9.17) is 16.3 Å². The molecule has 3 aliphatic rings. The molecule has 5 rings (SSSR count). The highest BCUT2D eigenvalue weighted by atomic mass is 35.5. The van der Waals surface area contributed by atoms with Crippen LogP contribution in [0.2, 0.25) is 5.02 Å². The molecule has 33 heavy (non-hydrogen) atoms. The zero-order valence-corrected chi connectivity index (χ0v) is 21.6. The number of benzene rings is 2. The number of anilines is 1. The summed E-state index contributed by atoms with van der Waals surface area (Å²) in [5.74, 6) is 0.412. The van der Waals surface area contributed by atoms with Gasteiger partial charge in [-0.25, -0.2) is 8.42 Å². The number of fused-ring (bicyclic) bond motifs is 2. The predicted molar refractivity (Wildman–Crippen MR) is 135 cm³/mol. The molecule has 0 amide bonds. The summed E-state index contributed by atoms with van der Waals surface area (Å²) in [6.45, 7) is 6.14. The Morgan fingerprint density at radius 1 is 1.12 bits per heavy atom. The lowest BCUT2D eigenvalue weighted by molar-refractivity contribution is 0.111. The molecule has 2 aromatic carbocycles. The van der Waals surface area contributed by atoms with E-state index < -0.39 is 14.6 Å². The lowest BCUT2D eigenvalue weighted by Gasteiger charge is -2.36. The Hall–Kier alpha value is -1.45. The van der Waals surface area contributed by atoms with Crippen LogP contribution in [-0.2, 0) is 16.4 Å². The monoisotopic (exact) mass is 507 g/mol. The van der Waals surface area contributed by atoms with Gasteiger partial charge >= 0.3 is 0 Å². The molecule has 0 radical (unpaired) electrons. The van der Waals surface area contributed by atoms with Crippen LogP contribution >= 0.6 is 23.4 Å². The van der Waals surface area contributed by atoms with Gasteiger partial charge in [0.2, 0.25) is 10.0 Å². The third kappa shape index (κ3) is 4.25. The van der Waals surface area contributed by atoms with Crippen LogP contribution in [0.4, 0.5) is 5.69 Å². The molecule has 1 fully saturated rings. The average Bonchev–Trinajstić information content (AvgIpc) is 3.36. The summed E-state index contributed by atoms with van der Waals surface area (Å²) in [5.41, 5.74) is 3.88.